The van der Waals surface area contributed by atoms with Crippen LogP contribution in [0, 0.1) is 23.1 Å². The number of anilines is 1. The Hall–Kier alpha value is -4.65. The number of aromatic nitrogens is 3. The van der Waals surface area contributed by atoms with Gasteiger partial charge in [-0.3, -0.25) is 9.59 Å². The summed E-state index contributed by atoms with van der Waals surface area (Å²) in [4.78, 5) is 43.0. The van der Waals surface area contributed by atoms with E-state index in [1.54, 1.807) is 46.8 Å². The zero-order valence-electron chi connectivity index (χ0n) is 28.5. The summed E-state index contributed by atoms with van der Waals surface area (Å²) >= 11 is 0. The number of benzene rings is 1. The van der Waals surface area contributed by atoms with Gasteiger partial charge in [-0.05, 0) is 70.4 Å². The number of amides is 2. The molecule has 3 aromatic rings. The van der Waals surface area contributed by atoms with Gasteiger partial charge in [0, 0.05) is 12.8 Å². The first-order valence-electron chi connectivity index (χ1n) is 16.0. The Balaban J connectivity index is 1.43. The van der Waals surface area contributed by atoms with Crippen molar-refractivity contribution in [3.8, 4) is 6.07 Å². The molecule has 0 unspecified atom stereocenters. The van der Waals surface area contributed by atoms with Crippen LogP contribution in [0.15, 0.2) is 42.7 Å². The average molecular weight is 681 g/mol. The second kappa shape index (κ2) is 13.7. The van der Waals surface area contributed by atoms with E-state index in [-0.39, 0.29) is 36.9 Å². The van der Waals surface area contributed by atoms with Crippen LogP contribution in [0.3, 0.4) is 0 Å². The summed E-state index contributed by atoms with van der Waals surface area (Å²) in [7, 11) is 0. The highest BCUT2D eigenvalue weighted by atomic mass is 19.1. The zero-order valence-corrected chi connectivity index (χ0v) is 28.5. The van der Waals surface area contributed by atoms with Crippen LogP contribution in [-0.4, -0.2) is 74.9 Å². The van der Waals surface area contributed by atoms with E-state index in [0.29, 0.717) is 11.1 Å². The molecule has 0 aliphatic carbocycles. The van der Waals surface area contributed by atoms with Crippen molar-refractivity contribution in [1.29, 1.82) is 5.26 Å². The molecular formula is C34H41FN6O8. The smallest absolute Gasteiger partial charge is 0.408 e. The zero-order chi connectivity index (χ0) is 35.7. The van der Waals surface area contributed by atoms with E-state index in [4.69, 9.17) is 23.7 Å². The summed E-state index contributed by atoms with van der Waals surface area (Å²) in [5.74, 6) is -2.37. The van der Waals surface area contributed by atoms with Gasteiger partial charge < -0.3 is 34.3 Å². The Labute approximate surface area is 283 Å². The number of esters is 1. The number of carbonyl (C=O) groups is 3. The van der Waals surface area contributed by atoms with Gasteiger partial charge in [-0.15, -0.1) is 0 Å². The number of hydrogen-bond acceptors (Lipinski definition) is 11. The van der Waals surface area contributed by atoms with Crippen molar-refractivity contribution >= 4 is 29.3 Å². The maximum Gasteiger partial charge on any atom is 0.408 e. The van der Waals surface area contributed by atoms with Gasteiger partial charge in [0.1, 0.15) is 60.3 Å². The van der Waals surface area contributed by atoms with Gasteiger partial charge in [0.2, 0.25) is 11.5 Å². The molecule has 2 fully saturated rings. The Morgan fingerprint density at radius 2 is 1.82 bits per heavy atom. The quantitative estimate of drug-likeness (QED) is 0.294. The van der Waals surface area contributed by atoms with Crippen LogP contribution in [0.2, 0.25) is 0 Å². The van der Waals surface area contributed by atoms with Crippen LogP contribution in [0.25, 0.3) is 5.52 Å². The van der Waals surface area contributed by atoms with Crippen LogP contribution in [-0.2, 0) is 45.3 Å². The van der Waals surface area contributed by atoms with Crippen molar-refractivity contribution in [2.45, 2.75) is 103 Å². The van der Waals surface area contributed by atoms with Gasteiger partial charge in [0.05, 0.1) is 5.69 Å². The number of fused-ring (bicyclic) bond motifs is 2. The fourth-order valence-electron chi connectivity index (χ4n) is 5.83. The topological polar surface area (TPSA) is 175 Å². The fourth-order valence-corrected chi connectivity index (χ4v) is 5.83. The molecular weight excluding hydrogens is 639 g/mol. The molecule has 2 aliphatic heterocycles. The van der Waals surface area contributed by atoms with Gasteiger partial charge in [-0.2, -0.15) is 10.4 Å². The highest BCUT2D eigenvalue weighted by molar-refractivity contribution is 5.98. The Morgan fingerprint density at radius 3 is 2.47 bits per heavy atom. The summed E-state index contributed by atoms with van der Waals surface area (Å²) in [6.07, 6.45) is -1.89. The van der Waals surface area contributed by atoms with Crippen molar-refractivity contribution in [1.82, 2.24) is 19.9 Å². The lowest BCUT2D eigenvalue weighted by atomic mass is 9.92. The van der Waals surface area contributed by atoms with Crippen LogP contribution in [0.5, 0.6) is 0 Å². The molecule has 2 aliphatic rings. The summed E-state index contributed by atoms with van der Waals surface area (Å²) < 4.78 is 44.5. The monoisotopic (exact) mass is 680 g/mol. The van der Waals surface area contributed by atoms with Crippen LogP contribution < -0.4 is 10.6 Å². The first-order valence-corrected chi connectivity index (χ1v) is 16.0. The van der Waals surface area contributed by atoms with Crippen molar-refractivity contribution in [2.75, 3.05) is 11.9 Å². The van der Waals surface area contributed by atoms with Gasteiger partial charge >= 0.3 is 12.1 Å². The van der Waals surface area contributed by atoms with E-state index in [2.05, 4.69) is 26.8 Å². The van der Waals surface area contributed by atoms with E-state index in [1.807, 2.05) is 13.8 Å². The molecule has 262 valence electrons. The SMILES string of the molecule is CC(C)CC(=O)OC[C@H]1O[C@@](C#N)(c2ccc3c(NC(=O)[C@H](Cc4ccc(F)cc4)NC(=O)OC(C)(C)C)ncnn23)[C@@H]2OC(C)(C)O[C@@H]21. The summed E-state index contributed by atoms with van der Waals surface area (Å²) in [6.45, 7) is 12.2. The molecule has 5 atom stereocenters. The minimum atomic E-state index is -1.75. The molecule has 15 heteroatoms. The van der Waals surface area contributed by atoms with Crippen LogP contribution >= 0.6 is 0 Å². The minimum Gasteiger partial charge on any atom is -0.463 e. The number of halogens is 1. The lowest BCUT2D eigenvalue weighted by molar-refractivity contribution is -0.207. The molecule has 5 rings (SSSR count). The van der Waals surface area contributed by atoms with Crippen molar-refractivity contribution in [2.24, 2.45) is 5.92 Å². The van der Waals surface area contributed by atoms with Crippen molar-refractivity contribution in [3.63, 3.8) is 0 Å². The van der Waals surface area contributed by atoms with Gasteiger partial charge in [-0.25, -0.2) is 18.7 Å². The van der Waals surface area contributed by atoms with Crippen LogP contribution in [0.1, 0.15) is 66.1 Å². The first-order chi connectivity index (χ1) is 23.0. The summed E-state index contributed by atoms with van der Waals surface area (Å²) in [6, 6.07) is 9.88. The molecule has 2 saturated heterocycles. The first kappa shape index (κ1) is 35.7. The molecule has 2 aromatic heterocycles. The molecule has 4 heterocycles. The summed E-state index contributed by atoms with van der Waals surface area (Å²) in [5, 5.41) is 20.4. The lowest BCUT2D eigenvalue weighted by Gasteiger charge is -2.29. The third-order valence-corrected chi connectivity index (χ3v) is 7.82. The van der Waals surface area contributed by atoms with E-state index in [9.17, 15) is 24.0 Å². The molecule has 2 amide bonds. The molecule has 0 saturated carbocycles. The Kier molecular flexibility index (Phi) is 9.96. The third-order valence-electron chi connectivity index (χ3n) is 7.82. The second-order valence-electron chi connectivity index (χ2n) is 13.9. The maximum atomic E-state index is 13.7. The van der Waals surface area contributed by atoms with Crippen LogP contribution in [0.4, 0.5) is 15.0 Å². The van der Waals surface area contributed by atoms with Gasteiger partial charge in [0.15, 0.2) is 11.6 Å². The summed E-state index contributed by atoms with van der Waals surface area (Å²) in [5.41, 5.74) is -1.41. The highest BCUT2D eigenvalue weighted by Gasteiger charge is 2.65. The minimum absolute atomic E-state index is 0.0176. The van der Waals surface area contributed by atoms with Crippen molar-refractivity contribution in [3.05, 3.63) is 59.8 Å². The van der Waals surface area contributed by atoms with Gasteiger partial charge in [0.25, 0.3) is 0 Å². The van der Waals surface area contributed by atoms with E-state index < -0.39 is 65.1 Å². The molecule has 2 N–H and O–H groups in total. The molecule has 1 aromatic carbocycles. The number of nitriles is 1. The second-order valence-corrected chi connectivity index (χ2v) is 13.9. The average Bonchev–Trinajstić information content (AvgIpc) is 3.66. The number of carbonyl (C=O) groups excluding carboxylic acids is 3. The number of hydrogen-bond donors (Lipinski definition) is 2. The lowest BCUT2D eigenvalue weighted by Crippen LogP contribution is -2.47. The number of alkyl carbamates (subject to hydrolysis) is 1. The number of nitrogens with one attached hydrogen (secondary N) is 2. The number of nitrogens with zero attached hydrogens (tertiary/aromatic N) is 4. The molecule has 14 nitrogen and oxygen atoms in total. The highest BCUT2D eigenvalue weighted by Crippen LogP contribution is 2.49. The van der Waals surface area contributed by atoms with E-state index in [0.717, 1.165) is 0 Å². The van der Waals surface area contributed by atoms with Crippen molar-refractivity contribution < 1.29 is 42.5 Å². The maximum absolute atomic E-state index is 13.7. The largest absolute Gasteiger partial charge is 0.463 e. The molecule has 0 radical (unpaired) electrons. The standard InChI is InChI=1S/C34H41FN6O8/c1-19(2)14-26(42)45-16-24-27-28(48-33(6,7)47-27)34(17-36,46-24)25-13-12-23-29(37-18-38-41(23)25)40-30(43)22(39-31(44)49-32(3,4)5)15-20-8-10-21(35)11-9-20/h8-13,18-19,22,24,27-28H,14-16H2,1-7H3,(H,39,44)(H,37,38,40,43)/t22-,24+,27+,28+,34-/m0/s1. The predicted molar refractivity (Wildman–Crippen MR) is 171 cm³/mol. The van der Waals surface area contributed by atoms with E-state index >= 15 is 0 Å². The van der Waals surface area contributed by atoms with Gasteiger partial charge in [-0.1, -0.05) is 26.0 Å². The predicted octanol–water partition coefficient (Wildman–Crippen LogP) is 4.17. The normalized spacial score (nSPS) is 23.5. The molecule has 0 bridgehead atoms. The molecule has 49 heavy (non-hydrogen) atoms. The fraction of sp³-hybridized carbons (Fsp3) is 0.529. The Morgan fingerprint density at radius 1 is 1.10 bits per heavy atom. The number of rotatable bonds is 10. The third kappa shape index (κ3) is 7.98. The molecule has 0 spiro atoms. The van der Waals surface area contributed by atoms with E-state index in [1.165, 1.54) is 35.1 Å². The Bertz CT molecular complexity index is 1750. The number of ether oxygens (including phenoxy) is 5.